The quantitative estimate of drug-likeness (QED) is 0.601. The van der Waals surface area contributed by atoms with Crippen LogP contribution in [0.15, 0.2) is 60.4 Å². The summed E-state index contributed by atoms with van der Waals surface area (Å²) in [7, 11) is 1.95. The maximum atomic E-state index is 13.6. The van der Waals surface area contributed by atoms with E-state index < -0.39 is 12.1 Å². The number of halogens is 2. The van der Waals surface area contributed by atoms with Crippen molar-refractivity contribution in [2.24, 2.45) is 0 Å². The molecule has 5 rings (SSSR count). The molecule has 0 saturated carbocycles. The summed E-state index contributed by atoms with van der Waals surface area (Å²) in [4.78, 5) is 47.1. The Hall–Kier alpha value is -3.43. The number of anilines is 1. The number of hydrogen-bond acceptors (Lipinski definition) is 5. The fraction of sp³-hybridized carbons (Fsp3) is 0.346. The summed E-state index contributed by atoms with van der Waals surface area (Å²) in [5, 5.41) is 6.26. The van der Waals surface area contributed by atoms with Crippen molar-refractivity contribution in [2.45, 2.75) is 24.9 Å². The maximum absolute atomic E-state index is 13.6. The first kappa shape index (κ1) is 25.2. The van der Waals surface area contributed by atoms with E-state index in [1.54, 1.807) is 17.0 Å². The number of urea groups is 1. The zero-order valence-corrected chi connectivity index (χ0v) is 21.9. The molecular weight excluding hydrogens is 515 g/mol. The van der Waals surface area contributed by atoms with E-state index in [1.807, 2.05) is 53.4 Å². The lowest BCUT2D eigenvalue weighted by Crippen LogP contribution is -2.51. The highest BCUT2D eigenvalue weighted by Crippen LogP contribution is 2.30. The maximum Gasteiger partial charge on any atom is 0.320 e. The molecule has 2 aromatic carbocycles. The molecule has 9 nitrogen and oxygen atoms in total. The van der Waals surface area contributed by atoms with Gasteiger partial charge in [0.1, 0.15) is 11.7 Å². The van der Waals surface area contributed by atoms with Crippen LogP contribution in [-0.4, -0.2) is 77.0 Å². The lowest BCUT2D eigenvalue weighted by molar-refractivity contribution is -0.135. The molecule has 2 saturated heterocycles. The van der Waals surface area contributed by atoms with Crippen molar-refractivity contribution in [1.82, 2.24) is 24.9 Å². The molecule has 0 aliphatic carbocycles. The number of hydrogen-bond donors (Lipinski definition) is 2. The summed E-state index contributed by atoms with van der Waals surface area (Å²) < 4.78 is 0. The van der Waals surface area contributed by atoms with Crippen LogP contribution in [0, 0.1) is 0 Å². The standard InChI is InChI=1S/C26H28Cl2N6O3/c1-31-14-22-24(35)34(16-33(22)15-31)19-9-11-32(12-10-19)25(36)23(17-5-3-2-4-6-17)30-26(37)29-21-8-7-18(27)13-20(21)28/h2-8,13-14,19,23H,9-12,15-16H2,1H3,(H2,29,30,37). The molecule has 0 bridgehead atoms. The number of carbonyl (C=O) groups is 3. The van der Waals surface area contributed by atoms with E-state index in [9.17, 15) is 14.4 Å². The largest absolute Gasteiger partial charge is 0.361 e. The van der Waals surface area contributed by atoms with Crippen LogP contribution in [0.5, 0.6) is 0 Å². The molecule has 1 unspecified atom stereocenters. The van der Waals surface area contributed by atoms with E-state index in [-0.39, 0.29) is 17.9 Å². The van der Waals surface area contributed by atoms with Crippen molar-refractivity contribution < 1.29 is 14.4 Å². The summed E-state index contributed by atoms with van der Waals surface area (Å²) in [6, 6.07) is 12.5. The van der Waals surface area contributed by atoms with Crippen LogP contribution in [0.2, 0.25) is 10.0 Å². The highest BCUT2D eigenvalue weighted by Gasteiger charge is 2.41. The minimum Gasteiger partial charge on any atom is -0.361 e. The van der Waals surface area contributed by atoms with E-state index >= 15 is 0 Å². The van der Waals surface area contributed by atoms with Crippen molar-refractivity contribution in [3.8, 4) is 0 Å². The van der Waals surface area contributed by atoms with Gasteiger partial charge in [-0.05, 0) is 36.6 Å². The fourth-order valence-electron chi connectivity index (χ4n) is 5.06. The topological polar surface area (TPSA) is 88.2 Å². The Bertz CT molecular complexity index is 1230. The molecular formula is C26H28Cl2N6O3. The molecule has 37 heavy (non-hydrogen) atoms. The average molecular weight is 543 g/mol. The zero-order chi connectivity index (χ0) is 26.1. The number of amides is 4. The molecule has 0 spiro atoms. The number of carbonyl (C=O) groups excluding carboxylic acids is 3. The number of benzene rings is 2. The molecule has 194 valence electrons. The van der Waals surface area contributed by atoms with Gasteiger partial charge in [-0.25, -0.2) is 4.79 Å². The van der Waals surface area contributed by atoms with Crippen LogP contribution in [0.25, 0.3) is 0 Å². The molecule has 1 atom stereocenters. The van der Waals surface area contributed by atoms with E-state index in [2.05, 4.69) is 15.5 Å². The summed E-state index contributed by atoms with van der Waals surface area (Å²) >= 11 is 12.1. The van der Waals surface area contributed by atoms with E-state index in [4.69, 9.17) is 23.2 Å². The molecule has 0 radical (unpaired) electrons. The molecule has 2 N–H and O–H groups in total. The second-order valence-corrected chi connectivity index (χ2v) is 10.3. The lowest BCUT2D eigenvalue weighted by Gasteiger charge is -2.38. The predicted octanol–water partition coefficient (Wildman–Crippen LogP) is 3.69. The molecule has 3 aliphatic rings. The van der Waals surface area contributed by atoms with Gasteiger partial charge in [0.2, 0.25) is 5.91 Å². The van der Waals surface area contributed by atoms with Gasteiger partial charge in [-0.2, -0.15) is 0 Å². The number of piperidine rings is 1. The Kier molecular flexibility index (Phi) is 7.17. The first-order chi connectivity index (χ1) is 17.8. The van der Waals surface area contributed by atoms with Gasteiger partial charge in [0.15, 0.2) is 0 Å². The van der Waals surface area contributed by atoms with Crippen LogP contribution < -0.4 is 10.6 Å². The van der Waals surface area contributed by atoms with Gasteiger partial charge in [-0.15, -0.1) is 0 Å². The summed E-state index contributed by atoms with van der Waals surface area (Å²) in [6.45, 7) is 2.29. The lowest BCUT2D eigenvalue weighted by atomic mass is 10.0. The smallest absolute Gasteiger partial charge is 0.320 e. The summed E-state index contributed by atoms with van der Waals surface area (Å²) in [5.74, 6) is -0.143. The van der Waals surface area contributed by atoms with E-state index in [0.29, 0.717) is 60.6 Å². The van der Waals surface area contributed by atoms with Gasteiger partial charge < -0.3 is 30.2 Å². The molecule has 2 fully saturated rings. The van der Waals surface area contributed by atoms with E-state index in [1.165, 1.54) is 6.07 Å². The monoisotopic (exact) mass is 542 g/mol. The first-order valence-electron chi connectivity index (χ1n) is 12.1. The SMILES string of the molecule is CN1C=C2C(=O)N(C3CCN(C(=O)C(NC(=O)Nc4ccc(Cl)cc4Cl)c4ccccc4)CC3)CN2C1. The Labute approximate surface area is 225 Å². The zero-order valence-electron chi connectivity index (χ0n) is 20.4. The third-order valence-electron chi connectivity index (χ3n) is 6.93. The highest BCUT2D eigenvalue weighted by atomic mass is 35.5. The van der Waals surface area contributed by atoms with Crippen LogP contribution >= 0.6 is 23.2 Å². The van der Waals surface area contributed by atoms with Crippen LogP contribution in [0.3, 0.4) is 0 Å². The Morgan fingerprint density at radius 1 is 1.03 bits per heavy atom. The van der Waals surface area contributed by atoms with Gasteiger partial charge in [-0.3, -0.25) is 9.59 Å². The minimum atomic E-state index is -0.872. The van der Waals surface area contributed by atoms with Crippen molar-refractivity contribution in [2.75, 3.05) is 38.8 Å². The normalized spacial score (nSPS) is 18.6. The Morgan fingerprint density at radius 3 is 2.43 bits per heavy atom. The first-order valence-corrected chi connectivity index (χ1v) is 12.9. The van der Waals surface area contributed by atoms with Crippen LogP contribution in [0.4, 0.5) is 10.5 Å². The predicted molar refractivity (Wildman–Crippen MR) is 142 cm³/mol. The van der Waals surface area contributed by atoms with Crippen molar-refractivity contribution in [3.05, 3.63) is 76.0 Å². The van der Waals surface area contributed by atoms with Crippen LogP contribution in [0.1, 0.15) is 24.4 Å². The van der Waals surface area contributed by atoms with Crippen molar-refractivity contribution in [1.29, 1.82) is 0 Å². The van der Waals surface area contributed by atoms with Crippen molar-refractivity contribution >= 4 is 46.7 Å². The molecule has 0 aromatic heterocycles. The molecule has 4 amide bonds. The Morgan fingerprint density at radius 2 is 1.76 bits per heavy atom. The third-order valence-corrected chi connectivity index (χ3v) is 7.48. The summed E-state index contributed by atoms with van der Waals surface area (Å²) in [6.07, 6.45) is 3.25. The highest BCUT2D eigenvalue weighted by molar-refractivity contribution is 6.36. The molecule has 11 heteroatoms. The van der Waals surface area contributed by atoms with Gasteiger partial charge in [0.05, 0.1) is 24.0 Å². The summed E-state index contributed by atoms with van der Waals surface area (Å²) in [5.41, 5.74) is 1.81. The van der Waals surface area contributed by atoms with E-state index in [0.717, 1.165) is 5.70 Å². The molecule has 3 heterocycles. The second-order valence-electron chi connectivity index (χ2n) is 9.49. The van der Waals surface area contributed by atoms with Gasteiger partial charge >= 0.3 is 6.03 Å². The third kappa shape index (κ3) is 5.33. The fourth-order valence-corrected chi connectivity index (χ4v) is 5.51. The Balaban J connectivity index is 1.24. The number of fused-ring (bicyclic) bond motifs is 1. The minimum absolute atomic E-state index is 0.0514. The van der Waals surface area contributed by atoms with Crippen LogP contribution in [-0.2, 0) is 9.59 Å². The average Bonchev–Trinajstić information content (AvgIpc) is 3.41. The number of nitrogens with one attached hydrogen (secondary N) is 2. The number of likely N-dealkylation sites (tertiary alicyclic amines) is 1. The molecule has 2 aromatic rings. The van der Waals surface area contributed by atoms with Crippen molar-refractivity contribution in [3.63, 3.8) is 0 Å². The molecule has 3 aliphatic heterocycles. The van der Waals surface area contributed by atoms with Gasteiger partial charge in [0.25, 0.3) is 5.91 Å². The number of rotatable bonds is 5. The number of nitrogens with zero attached hydrogens (tertiary/aromatic N) is 4. The second kappa shape index (κ2) is 10.5. The van der Waals surface area contributed by atoms with Gasteiger partial charge in [-0.1, -0.05) is 53.5 Å². The van der Waals surface area contributed by atoms with Gasteiger partial charge in [0, 0.05) is 37.4 Å².